The van der Waals surface area contributed by atoms with Crippen molar-refractivity contribution in [2.45, 2.75) is 4.90 Å². The van der Waals surface area contributed by atoms with Gasteiger partial charge in [-0.1, -0.05) is 6.07 Å². The van der Waals surface area contributed by atoms with E-state index in [1.54, 1.807) is 42.6 Å². The van der Waals surface area contributed by atoms with Crippen LogP contribution in [0.3, 0.4) is 0 Å². The molecule has 0 aliphatic heterocycles. The first kappa shape index (κ1) is 15.0. The fourth-order valence-corrected chi connectivity index (χ4v) is 3.24. The molecule has 6 nitrogen and oxygen atoms in total. The van der Waals surface area contributed by atoms with E-state index in [1.807, 2.05) is 4.72 Å². The Balaban J connectivity index is 1.87. The molecule has 0 spiro atoms. The molecular formula is C16H12N2O4S. The van der Waals surface area contributed by atoms with E-state index in [1.165, 1.54) is 18.4 Å². The molecule has 23 heavy (non-hydrogen) atoms. The van der Waals surface area contributed by atoms with Gasteiger partial charge in [0, 0.05) is 17.7 Å². The zero-order valence-corrected chi connectivity index (χ0v) is 12.7. The molecular weight excluding hydrogens is 316 g/mol. The minimum absolute atomic E-state index is 0.00264. The van der Waals surface area contributed by atoms with Crippen molar-refractivity contribution in [1.82, 2.24) is 9.71 Å². The quantitative estimate of drug-likeness (QED) is 0.743. The Labute approximate surface area is 132 Å². The number of benzene rings is 1. The molecule has 0 bridgehead atoms. The van der Waals surface area contributed by atoms with Crippen molar-refractivity contribution in [2.75, 3.05) is 0 Å². The topological polar surface area (TPSA) is 89.3 Å². The molecule has 0 fully saturated rings. The van der Waals surface area contributed by atoms with Gasteiger partial charge in [0.15, 0.2) is 0 Å². The fourth-order valence-electron chi connectivity index (χ4n) is 2.07. The molecule has 0 unspecified atom stereocenters. The van der Waals surface area contributed by atoms with Gasteiger partial charge in [-0.25, -0.2) is 13.1 Å². The predicted octanol–water partition coefficient (Wildman–Crippen LogP) is 2.35. The van der Waals surface area contributed by atoms with Crippen molar-refractivity contribution in [2.24, 2.45) is 0 Å². The third-order valence-corrected chi connectivity index (χ3v) is 4.48. The lowest BCUT2D eigenvalue weighted by Gasteiger charge is -2.07. The molecule has 0 saturated carbocycles. The molecule has 3 aromatic rings. The summed E-state index contributed by atoms with van der Waals surface area (Å²) in [6.45, 7) is 0. The summed E-state index contributed by atoms with van der Waals surface area (Å²) in [4.78, 5) is 15.9. The Bertz CT molecular complexity index is 971. The maximum Gasteiger partial charge on any atom is 0.264 e. The number of aromatic nitrogens is 1. The van der Waals surface area contributed by atoms with Crippen LogP contribution < -0.4 is 4.72 Å². The molecule has 7 heteroatoms. The molecule has 0 atom stereocenters. The highest BCUT2D eigenvalue weighted by molar-refractivity contribution is 7.90. The van der Waals surface area contributed by atoms with E-state index < -0.39 is 15.9 Å². The van der Waals surface area contributed by atoms with E-state index in [2.05, 4.69) is 4.98 Å². The molecule has 1 amide bonds. The maximum atomic E-state index is 12.4. The number of hydrogen-bond donors (Lipinski definition) is 1. The van der Waals surface area contributed by atoms with Gasteiger partial charge in [-0.05, 0) is 42.5 Å². The summed E-state index contributed by atoms with van der Waals surface area (Å²) >= 11 is 0. The van der Waals surface area contributed by atoms with Crippen molar-refractivity contribution in [3.05, 3.63) is 66.8 Å². The van der Waals surface area contributed by atoms with Crippen LogP contribution in [0.5, 0.6) is 0 Å². The van der Waals surface area contributed by atoms with Gasteiger partial charge in [0.2, 0.25) is 0 Å². The molecule has 1 N–H and O–H groups in total. The number of rotatable bonds is 4. The van der Waals surface area contributed by atoms with E-state index in [-0.39, 0.29) is 4.90 Å². The Morgan fingerprint density at radius 3 is 2.78 bits per heavy atom. The Hall–Kier alpha value is -2.93. The molecule has 1 aromatic carbocycles. The number of amides is 1. The first-order valence-electron chi connectivity index (χ1n) is 6.68. The van der Waals surface area contributed by atoms with Crippen molar-refractivity contribution in [3.63, 3.8) is 0 Å². The molecule has 0 aliphatic rings. The number of carbonyl (C=O) groups excluding carboxylic acids is 1. The smallest absolute Gasteiger partial charge is 0.264 e. The summed E-state index contributed by atoms with van der Waals surface area (Å²) in [7, 11) is -4.00. The molecule has 0 saturated heterocycles. The van der Waals surface area contributed by atoms with Crippen LogP contribution in [0.2, 0.25) is 0 Å². The highest BCUT2D eigenvalue weighted by Crippen LogP contribution is 2.20. The first-order chi connectivity index (χ1) is 11.1. The number of sulfonamides is 1. The van der Waals surface area contributed by atoms with Crippen LogP contribution in [0.25, 0.3) is 17.0 Å². The molecule has 2 heterocycles. The lowest BCUT2D eigenvalue weighted by atomic mass is 10.2. The minimum Gasteiger partial charge on any atom is -0.465 e. The second kappa shape index (κ2) is 6.05. The number of hydrogen-bond acceptors (Lipinski definition) is 5. The average molecular weight is 328 g/mol. The zero-order valence-electron chi connectivity index (χ0n) is 11.8. The van der Waals surface area contributed by atoms with Gasteiger partial charge in [-0.2, -0.15) is 0 Å². The van der Waals surface area contributed by atoms with Gasteiger partial charge in [0.1, 0.15) is 5.76 Å². The lowest BCUT2D eigenvalue weighted by molar-refractivity contribution is -0.114. The molecule has 0 aliphatic carbocycles. The van der Waals surface area contributed by atoms with Crippen LogP contribution in [0.1, 0.15) is 5.76 Å². The summed E-state index contributed by atoms with van der Waals surface area (Å²) in [5.41, 5.74) is 0.536. The summed E-state index contributed by atoms with van der Waals surface area (Å²) < 4.78 is 31.8. The van der Waals surface area contributed by atoms with Gasteiger partial charge < -0.3 is 4.42 Å². The number of pyridine rings is 1. The largest absolute Gasteiger partial charge is 0.465 e. The monoisotopic (exact) mass is 328 g/mol. The van der Waals surface area contributed by atoms with Crippen molar-refractivity contribution >= 4 is 32.9 Å². The third kappa shape index (κ3) is 3.29. The highest BCUT2D eigenvalue weighted by atomic mass is 32.2. The molecule has 116 valence electrons. The number of fused-ring (bicyclic) bond motifs is 1. The van der Waals surface area contributed by atoms with Crippen molar-refractivity contribution < 1.29 is 17.6 Å². The van der Waals surface area contributed by atoms with Crippen LogP contribution >= 0.6 is 0 Å². The number of nitrogens with one attached hydrogen (secondary N) is 1. The number of carbonyl (C=O) groups is 1. The predicted molar refractivity (Wildman–Crippen MR) is 84.8 cm³/mol. The molecule has 3 rings (SSSR count). The van der Waals surface area contributed by atoms with Crippen molar-refractivity contribution in [3.8, 4) is 0 Å². The SMILES string of the molecule is O=C(/C=C/c1ccco1)NS(=O)(=O)c1cccc2ncccc12. The van der Waals surface area contributed by atoms with Crippen LogP contribution in [-0.4, -0.2) is 19.3 Å². The van der Waals surface area contributed by atoms with E-state index in [9.17, 15) is 13.2 Å². The lowest BCUT2D eigenvalue weighted by Crippen LogP contribution is -2.29. The van der Waals surface area contributed by atoms with Crippen LogP contribution in [-0.2, 0) is 14.8 Å². The Morgan fingerprint density at radius 2 is 2.00 bits per heavy atom. The van der Waals surface area contributed by atoms with Gasteiger partial charge in [0.05, 0.1) is 16.7 Å². The second-order valence-corrected chi connectivity index (χ2v) is 6.30. The summed E-state index contributed by atoms with van der Waals surface area (Å²) in [6, 6.07) is 11.3. The number of nitrogens with zero attached hydrogens (tertiary/aromatic N) is 1. The van der Waals surface area contributed by atoms with Gasteiger partial charge >= 0.3 is 0 Å². The maximum absolute atomic E-state index is 12.4. The standard InChI is InChI=1S/C16H12N2O4S/c19-16(9-8-12-4-3-11-22-12)18-23(20,21)15-7-1-6-14-13(15)5-2-10-17-14/h1-11H,(H,18,19)/b9-8+. The van der Waals surface area contributed by atoms with Crippen LogP contribution in [0, 0.1) is 0 Å². The van der Waals surface area contributed by atoms with Crippen LogP contribution in [0.15, 0.2) is 70.3 Å². The Kier molecular flexibility index (Phi) is 3.94. The Morgan fingerprint density at radius 1 is 1.13 bits per heavy atom. The zero-order chi connectivity index (χ0) is 16.3. The molecule has 2 aromatic heterocycles. The van der Waals surface area contributed by atoms with E-state index >= 15 is 0 Å². The normalized spacial score (nSPS) is 11.8. The second-order valence-electron chi connectivity index (χ2n) is 4.64. The summed E-state index contributed by atoms with van der Waals surface area (Å²) in [5, 5.41) is 0.449. The van der Waals surface area contributed by atoms with E-state index in [4.69, 9.17) is 4.42 Å². The fraction of sp³-hybridized carbons (Fsp3) is 0. The van der Waals surface area contributed by atoms with Gasteiger partial charge in [0.25, 0.3) is 15.9 Å². The highest BCUT2D eigenvalue weighted by Gasteiger charge is 2.19. The van der Waals surface area contributed by atoms with Gasteiger partial charge in [-0.3, -0.25) is 9.78 Å². The molecule has 0 radical (unpaired) electrons. The summed E-state index contributed by atoms with van der Waals surface area (Å²) in [6.07, 6.45) is 5.51. The minimum atomic E-state index is -4.00. The first-order valence-corrected chi connectivity index (χ1v) is 8.17. The summed E-state index contributed by atoms with van der Waals surface area (Å²) in [5.74, 6) is -0.311. The average Bonchev–Trinajstić information content (AvgIpc) is 3.05. The van der Waals surface area contributed by atoms with E-state index in [0.29, 0.717) is 16.7 Å². The third-order valence-electron chi connectivity index (χ3n) is 3.07. The van der Waals surface area contributed by atoms with E-state index in [0.717, 1.165) is 6.08 Å². The van der Waals surface area contributed by atoms with Gasteiger partial charge in [-0.15, -0.1) is 0 Å². The van der Waals surface area contributed by atoms with Crippen molar-refractivity contribution in [1.29, 1.82) is 0 Å². The number of furan rings is 1. The van der Waals surface area contributed by atoms with Crippen LogP contribution in [0.4, 0.5) is 0 Å².